The highest BCUT2D eigenvalue weighted by molar-refractivity contribution is 4.88. The molecular weight excluding hydrogens is 229 g/mol. The second-order valence-corrected chi connectivity index (χ2v) is 5.48. The summed E-state index contributed by atoms with van der Waals surface area (Å²) in [4.78, 5) is 0. The van der Waals surface area contributed by atoms with Crippen LogP contribution >= 0.6 is 0 Å². The first kappa shape index (κ1) is 13.1. The average Bonchev–Trinajstić information content (AvgIpc) is 2.28. The Hall–Kier alpha value is -0.290. The van der Waals surface area contributed by atoms with Crippen LogP contribution in [-0.2, 0) is 0 Å². The predicted octanol–water partition coefficient (Wildman–Crippen LogP) is 2.30. The zero-order chi connectivity index (χ0) is 12.5. The van der Waals surface area contributed by atoms with Gasteiger partial charge in [0.05, 0.1) is 0 Å². The van der Waals surface area contributed by atoms with E-state index in [2.05, 4.69) is 17.6 Å². The molecule has 2 fully saturated rings. The molecular formula is C12H21F3N2. The minimum atomic E-state index is -4.08. The SMILES string of the molecule is CC1CC(C2CCC(C(F)(F)F)NC2)CCN1. The molecule has 2 aliphatic heterocycles. The number of rotatable bonds is 1. The zero-order valence-electron chi connectivity index (χ0n) is 10.2. The number of hydrogen-bond acceptors (Lipinski definition) is 2. The third-order valence-electron chi connectivity index (χ3n) is 4.18. The van der Waals surface area contributed by atoms with E-state index >= 15 is 0 Å². The summed E-state index contributed by atoms with van der Waals surface area (Å²) in [6.45, 7) is 3.69. The summed E-state index contributed by atoms with van der Waals surface area (Å²) < 4.78 is 37.5. The summed E-state index contributed by atoms with van der Waals surface area (Å²) >= 11 is 0. The smallest absolute Gasteiger partial charge is 0.314 e. The van der Waals surface area contributed by atoms with Crippen molar-refractivity contribution in [2.45, 2.75) is 50.9 Å². The van der Waals surface area contributed by atoms with E-state index in [1.165, 1.54) is 0 Å². The molecule has 4 unspecified atom stereocenters. The minimum absolute atomic E-state index is 0.243. The van der Waals surface area contributed by atoms with Gasteiger partial charge >= 0.3 is 6.18 Å². The van der Waals surface area contributed by atoms with Crippen molar-refractivity contribution in [3.8, 4) is 0 Å². The quantitative estimate of drug-likeness (QED) is 0.746. The molecule has 2 saturated heterocycles. The summed E-state index contributed by atoms with van der Waals surface area (Å²) in [5, 5.41) is 6.06. The van der Waals surface area contributed by atoms with Gasteiger partial charge in [0.2, 0.25) is 0 Å². The Morgan fingerprint density at radius 3 is 2.29 bits per heavy atom. The third-order valence-corrected chi connectivity index (χ3v) is 4.18. The van der Waals surface area contributed by atoms with Gasteiger partial charge in [0.25, 0.3) is 0 Å². The van der Waals surface area contributed by atoms with E-state index in [4.69, 9.17) is 0 Å². The molecule has 2 nitrogen and oxygen atoms in total. The summed E-state index contributed by atoms with van der Waals surface area (Å²) in [5.74, 6) is 1.02. The number of nitrogens with one attached hydrogen (secondary N) is 2. The lowest BCUT2D eigenvalue weighted by Crippen LogP contribution is -2.50. The van der Waals surface area contributed by atoms with Crippen LogP contribution in [0.1, 0.15) is 32.6 Å². The molecule has 100 valence electrons. The highest BCUT2D eigenvalue weighted by Crippen LogP contribution is 2.34. The third kappa shape index (κ3) is 3.35. The molecule has 0 saturated carbocycles. The first-order valence-corrected chi connectivity index (χ1v) is 6.50. The first-order valence-electron chi connectivity index (χ1n) is 6.50. The van der Waals surface area contributed by atoms with E-state index in [0.717, 1.165) is 19.4 Å². The summed E-state index contributed by atoms with van der Waals surface area (Å²) in [6.07, 6.45) is -0.913. The Kier molecular flexibility index (Phi) is 3.98. The molecule has 0 aromatic rings. The van der Waals surface area contributed by atoms with Crippen molar-refractivity contribution in [3.05, 3.63) is 0 Å². The van der Waals surface area contributed by atoms with Crippen LogP contribution < -0.4 is 10.6 Å². The van der Waals surface area contributed by atoms with Gasteiger partial charge in [0, 0.05) is 6.04 Å². The van der Waals surface area contributed by atoms with E-state index in [1.807, 2.05) is 0 Å². The van der Waals surface area contributed by atoms with Crippen LogP contribution in [0.2, 0.25) is 0 Å². The molecule has 2 N–H and O–H groups in total. The van der Waals surface area contributed by atoms with Gasteiger partial charge in [-0.05, 0) is 57.5 Å². The standard InChI is InChI=1S/C12H21F3N2/c1-8-6-9(4-5-16-8)10-2-3-11(17-7-10)12(13,14)15/h8-11,16-17H,2-7H2,1H3. The molecule has 2 heterocycles. The second-order valence-electron chi connectivity index (χ2n) is 5.48. The molecule has 0 aromatic carbocycles. The fraction of sp³-hybridized carbons (Fsp3) is 1.00. The van der Waals surface area contributed by atoms with E-state index in [0.29, 0.717) is 30.8 Å². The Morgan fingerprint density at radius 2 is 1.76 bits per heavy atom. The molecule has 17 heavy (non-hydrogen) atoms. The van der Waals surface area contributed by atoms with E-state index in [9.17, 15) is 13.2 Å². The Bertz CT molecular complexity index is 247. The van der Waals surface area contributed by atoms with E-state index in [-0.39, 0.29) is 6.42 Å². The molecule has 5 heteroatoms. The molecule has 4 atom stereocenters. The summed E-state index contributed by atoms with van der Waals surface area (Å²) in [5.41, 5.74) is 0. The number of halogens is 3. The van der Waals surface area contributed by atoms with Gasteiger partial charge in [0.1, 0.15) is 6.04 Å². The summed E-state index contributed by atoms with van der Waals surface area (Å²) in [6, 6.07) is -0.771. The predicted molar refractivity (Wildman–Crippen MR) is 60.8 cm³/mol. The molecule has 0 spiro atoms. The molecule has 2 rings (SSSR count). The Balaban J connectivity index is 1.82. The van der Waals surface area contributed by atoms with Crippen LogP contribution in [-0.4, -0.2) is 31.3 Å². The molecule has 0 radical (unpaired) electrons. The topological polar surface area (TPSA) is 24.1 Å². The van der Waals surface area contributed by atoms with Crippen LogP contribution in [0.15, 0.2) is 0 Å². The van der Waals surface area contributed by atoms with Crippen molar-refractivity contribution in [2.24, 2.45) is 11.8 Å². The number of alkyl halides is 3. The fourth-order valence-electron chi connectivity index (χ4n) is 3.16. The van der Waals surface area contributed by atoms with Crippen molar-refractivity contribution in [1.82, 2.24) is 10.6 Å². The zero-order valence-corrected chi connectivity index (χ0v) is 10.2. The molecule has 2 aliphatic rings. The van der Waals surface area contributed by atoms with Gasteiger partial charge in [-0.25, -0.2) is 0 Å². The monoisotopic (exact) mass is 250 g/mol. The number of piperidine rings is 2. The minimum Gasteiger partial charge on any atom is -0.314 e. The normalized spacial score (nSPS) is 40.2. The van der Waals surface area contributed by atoms with Gasteiger partial charge in [-0.3, -0.25) is 0 Å². The van der Waals surface area contributed by atoms with Crippen molar-refractivity contribution in [1.29, 1.82) is 0 Å². The van der Waals surface area contributed by atoms with Gasteiger partial charge in [0.15, 0.2) is 0 Å². The van der Waals surface area contributed by atoms with Crippen molar-refractivity contribution in [2.75, 3.05) is 13.1 Å². The first-order chi connectivity index (χ1) is 7.97. The second kappa shape index (κ2) is 5.14. The van der Waals surface area contributed by atoms with Crippen LogP contribution in [0.5, 0.6) is 0 Å². The molecule has 0 aromatic heterocycles. The lowest BCUT2D eigenvalue weighted by Gasteiger charge is -2.38. The van der Waals surface area contributed by atoms with E-state index < -0.39 is 12.2 Å². The largest absolute Gasteiger partial charge is 0.403 e. The lowest BCUT2D eigenvalue weighted by molar-refractivity contribution is -0.163. The number of hydrogen-bond donors (Lipinski definition) is 2. The van der Waals surface area contributed by atoms with Crippen molar-refractivity contribution < 1.29 is 13.2 Å². The highest BCUT2D eigenvalue weighted by Gasteiger charge is 2.42. The average molecular weight is 250 g/mol. The maximum Gasteiger partial charge on any atom is 0.403 e. The Morgan fingerprint density at radius 1 is 1.00 bits per heavy atom. The van der Waals surface area contributed by atoms with E-state index in [1.54, 1.807) is 0 Å². The van der Waals surface area contributed by atoms with Crippen LogP contribution in [0, 0.1) is 11.8 Å². The van der Waals surface area contributed by atoms with Crippen molar-refractivity contribution in [3.63, 3.8) is 0 Å². The van der Waals surface area contributed by atoms with Gasteiger partial charge in [-0.1, -0.05) is 0 Å². The Labute approximate surface area is 100 Å². The molecule has 0 amide bonds. The molecule has 0 bridgehead atoms. The van der Waals surface area contributed by atoms with Crippen molar-refractivity contribution >= 4 is 0 Å². The maximum atomic E-state index is 12.5. The molecule has 0 aliphatic carbocycles. The van der Waals surface area contributed by atoms with Gasteiger partial charge in [-0.2, -0.15) is 13.2 Å². The van der Waals surface area contributed by atoms with Gasteiger partial charge in [-0.15, -0.1) is 0 Å². The fourth-order valence-corrected chi connectivity index (χ4v) is 3.16. The van der Waals surface area contributed by atoms with Crippen LogP contribution in [0.25, 0.3) is 0 Å². The van der Waals surface area contributed by atoms with Crippen LogP contribution in [0.3, 0.4) is 0 Å². The highest BCUT2D eigenvalue weighted by atomic mass is 19.4. The van der Waals surface area contributed by atoms with Crippen LogP contribution in [0.4, 0.5) is 13.2 Å². The maximum absolute atomic E-state index is 12.5. The van der Waals surface area contributed by atoms with Gasteiger partial charge < -0.3 is 10.6 Å². The summed E-state index contributed by atoms with van der Waals surface area (Å²) in [7, 11) is 0. The lowest BCUT2D eigenvalue weighted by atomic mass is 9.77.